The van der Waals surface area contributed by atoms with Crippen molar-refractivity contribution in [1.82, 2.24) is 5.32 Å². The van der Waals surface area contributed by atoms with E-state index in [2.05, 4.69) is 18.2 Å². The van der Waals surface area contributed by atoms with Crippen LogP contribution in [0.25, 0.3) is 0 Å². The summed E-state index contributed by atoms with van der Waals surface area (Å²) < 4.78 is 0. The van der Waals surface area contributed by atoms with Crippen LogP contribution in [0.15, 0.2) is 0 Å². The molecule has 0 aromatic carbocycles. The van der Waals surface area contributed by atoms with Gasteiger partial charge >= 0.3 is 0 Å². The maximum atomic E-state index is 10.4. The van der Waals surface area contributed by atoms with Crippen molar-refractivity contribution in [3.63, 3.8) is 0 Å². The molecule has 1 aliphatic rings. The largest absolute Gasteiger partial charge is 0.389 e. The molecule has 2 N–H and O–H groups in total. The van der Waals surface area contributed by atoms with Crippen molar-refractivity contribution in [1.29, 1.82) is 0 Å². The predicted molar refractivity (Wildman–Crippen MR) is 63.6 cm³/mol. The topological polar surface area (TPSA) is 32.3 Å². The molecule has 0 aromatic heterocycles. The first-order valence-corrected chi connectivity index (χ1v) is 6.05. The van der Waals surface area contributed by atoms with Gasteiger partial charge in [0.1, 0.15) is 0 Å². The minimum Gasteiger partial charge on any atom is -0.389 e. The molecule has 0 radical (unpaired) electrons. The molecule has 0 bridgehead atoms. The van der Waals surface area contributed by atoms with Crippen LogP contribution in [0, 0.1) is 12.3 Å². The van der Waals surface area contributed by atoms with Gasteiger partial charge in [-0.2, -0.15) is 0 Å². The van der Waals surface area contributed by atoms with Crippen molar-refractivity contribution in [2.24, 2.45) is 0 Å². The van der Waals surface area contributed by atoms with Crippen LogP contribution in [0.2, 0.25) is 0 Å². The van der Waals surface area contributed by atoms with Gasteiger partial charge in [0.15, 0.2) is 0 Å². The first-order chi connectivity index (χ1) is 7.16. The summed E-state index contributed by atoms with van der Waals surface area (Å²) in [5.41, 5.74) is -0.487. The van der Waals surface area contributed by atoms with Gasteiger partial charge in [-0.3, -0.25) is 0 Å². The van der Waals surface area contributed by atoms with Gasteiger partial charge in [0, 0.05) is 19.0 Å². The van der Waals surface area contributed by atoms with E-state index in [1.54, 1.807) is 0 Å². The molecule has 1 fully saturated rings. The maximum absolute atomic E-state index is 10.4. The van der Waals surface area contributed by atoms with Crippen molar-refractivity contribution in [2.45, 2.75) is 63.5 Å². The van der Waals surface area contributed by atoms with Crippen LogP contribution in [0.3, 0.4) is 0 Å². The van der Waals surface area contributed by atoms with Gasteiger partial charge in [-0.25, -0.2) is 0 Å². The Morgan fingerprint density at radius 2 is 1.93 bits per heavy atom. The lowest BCUT2D eigenvalue weighted by molar-refractivity contribution is 0.0233. The van der Waals surface area contributed by atoms with Gasteiger partial charge in [0.2, 0.25) is 0 Å². The summed E-state index contributed by atoms with van der Waals surface area (Å²) in [7, 11) is 0. The van der Waals surface area contributed by atoms with Crippen molar-refractivity contribution in [2.75, 3.05) is 6.54 Å². The van der Waals surface area contributed by atoms with E-state index in [1.807, 2.05) is 0 Å². The standard InChI is InChI=1S/C13H23NO/c1-3-8-12(2)14-11-13(15)9-6-4-5-7-10-13/h1,12,14-15H,4-11H2,2H3. The van der Waals surface area contributed by atoms with Gasteiger partial charge in [-0.05, 0) is 19.8 Å². The molecule has 1 saturated carbocycles. The van der Waals surface area contributed by atoms with Crippen LogP contribution in [-0.2, 0) is 0 Å². The summed E-state index contributed by atoms with van der Waals surface area (Å²) in [5, 5.41) is 13.7. The third-order valence-electron chi connectivity index (χ3n) is 3.24. The quantitative estimate of drug-likeness (QED) is 0.549. The van der Waals surface area contributed by atoms with Crippen molar-refractivity contribution >= 4 is 0 Å². The zero-order chi connectivity index (χ0) is 11.1. The molecule has 0 spiro atoms. The number of nitrogens with one attached hydrogen (secondary N) is 1. The highest BCUT2D eigenvalue weighted by Crippen LogP contribution is 2.26. The molecule has 1 rings (SSSR count). The van der Waals surface area contributed by atoms with Crippen molar-refractivity contribution < 1.29 is 5.11 Å². The fourth-order valence-electron chi connectivity index (χ4n) is 2.18. The van der Waals surface area contributed by atoms with Gasteiger partial charge in [-0.1, -0.05) is 25.7 Å². The van der Waals surface area contributed by atoms with Crippen LogP contribution >= 0.6 is 0 Å². The average Bonchev–Trinajstić information content (AvgIpc) is 2.42. The highest BCUT2D eigenvalue weighted by atomic mass is 16.3. The van der Waals surface area contributed by atoms with Gasteiger partial charge in [-0.15, -0.1) is 12.3 Å². The molecule has 1 unspecified atom stereocenters. The number of terminal acetylenes is 1. The van der Waals surface area contributed by atoms with Gasteiger partial charge in [0.05, 0.1) is 5.60 Å². The molecular weight excluding hydrogens is 186 g/mol. The highest BCUT2D eigenvalue weighted by Gasteiger charge is 2.27. The van der Waals surface area contributed by atoms with E-state index in [1.165, 1.54) is 12.8 Å². The Labute approximate surface area is 93.5 Å². The number of hydrogen-bond donors (Lipinski definition) is 2. The van der Waals surface area contributed by atoms with E-state index in [0.717, 1.165) is 32.1 Å². The lowest BCUT2D eigenvalue weighted by Gasteiger charge is -2.28. The molecule has 15 heavy (non-hydrogen) atoms. The zero-order valence-electron chi connectivity index (χ0n) is 9.76. The Balaban J connectivity index is 2.31. The van der Waals surface area contributed by atoms with Crippen molar-refractivity contribution in [3.8, 4) is 12.3 Å². The van der Waals surface area contributed by atoms with E-state index in [9.17, 15) is 5.11 Å². The van der Waals surface area contributed by atoms with E-state index in [0.29, 0.717) is 12.6 Å². The predicted octanol–water partition coefficient (Wildman–Crippen LogP) is 2.07. The molecular formula is C13H23NO. The van der Waals surface area contributed by atoms with Gasteiger partial charge in [0.25, 0.3) is 0 Å². The summed E-state index contributed by atoms with van der Waals surface area (Å²) >= 11 is 0. The Bertz CT molecular complexity index is 211. The number of hydrogen-bond acceptors (Lipinski definition) is 2. The normalized spacial score (nSPS) is 22.7. The molecule has 1 aliphatic carbocycles. The Hall–Kier alpha value is -0.520. The molecule has 0 aromatic rings. The third kappa shape index (κ3) is 4.68. The molecule has 0 heterocycles. The molecule has 86 valence electrons. The van der Waals surface area contributed by atoms with E-state index in [-0.39, 0.29) is 0 Å². The summed E-state index contributed by atoms with van der Waals surface area (Å²) in [6.45, 7) is 2.76. The monoisotopic (exact) mass is 209 g/mol. The summed E-state index contributed by atoms with van der Waals surface area (Å²) in [6, 6.07) is 0.308. The lowest BCUT2D eigenvalue weighted by Crippen LogP contribution is -2.43. The second kappa shape index (κ2) is 6.15. The Kier molecular flexibility index (Phi) is 5.14. The second-order valence-electron chi connectivity index (χ2n) is 4.83. The lowest BCUT2D eigenvalue weighted by atomic mass is 9.94. The minimum atomic E-state index is -0.487. The smallest absolute Gasteiger partial charge is 0.0771 e. The highest BCUT2D eigenvalue weighted by molar-refractivity contribution is 4.90. The Morgan fingerprint density at radius 3 is 2.47 bits per heavy atom. The molecule has 0 aliphatic heterocycles. The van der Waals surface area contributed by atoms with E-state index in [4.69, 9.17) is 6.42 Å². The van der Waals surface area contributed by atoms with Crippen LogP contribution in [-0.4, -0.2) is 23.3 Å². The van der Waals surface area contributed by atoms with Crippen LogP contribution in [0.1, 0.15) is 51.9 Å². The molecule has 2 nitrogen and oxygen atoms in total. The molecule has 1 atom stereocenters. The SMILES string of the molecule is C#CCC(C)NCC1(O)CCCCCC1. The Morgan fingerprint density at radius 1 is 1.33 bits per heavy atom. The first kappa shape index (κ1) is 12.5. The van der Waals surface area contributed by atoms with Gasteiger partial charge < -0.3 is 10.4 Å². The second-order valence-corrected chi connectivity index (χ2v) is 4.83. The fraction of sp³-hybridized carbons (Fsp3) is 0.846. The van der Waals surface area contributed by atoms with Crippen LogP contribution < -0.4 is 5.32 Å². The summed E-state index contributed by atoms with van der Waals surface area (Å²) in [4.78, 5) is 0. The average molecular weight is 209 g/mol. The fourth-order valence-corrected chi connectivity index (χ4v) is 2.18. The van der Waals surface area contributed by atoms with E-state index >= 15 is 0 Å². The number of aliphatic hydroxyl groups is 1. The molecule has 0 amide bonds. The summed E-state index contributed by atoms with van der Waals surface area (Å²) in [5.74, 6) is 2.64. The first-order valence-electron chi connectivity index (χ1n) is 6.05. The third-order valence-corrected chi connectivity index (χ3v) is 3.24. The summed E-state index contributed by atoms with van der Waals surface area (Å²) in [6.07, 6.45) is 12.7. The van der Waals surface area contributed by atoms with Crippen molar-refractivity contribution in [3.05, 3.63) is 0 Å². The van der Waals surface area contributed by atoms with Crippen LogP contribution in [0.5, 0.6) is 0 Å². The molecule has 2 heteroatoms. The number of rotatable bonds is 4. The maximum Gasteiger partial charge on any atom is 0.0771 e. The minimum absolute atomic E-state index is 0.308. The molecule has 0 saturated heterocycles. The van der Waals surface area contributed by atoms with E-state index < -0.39 is 5.60 Å². The zero-order valence-corrected chi connectivity index (χ0v) is 9.76. The van der Waals surface area contributed by atoms with Crippen LogP contribution in [0.4, 0.5) is 0 Å².